The molecule has 0 spiro atoms. The lowest BCUT2D eigenvalue weighted by atomic mass is 10.1. The highest BCUT2D eigenvalue weighted by molar-refractivity contribution is 6.02. The zero-order valence-electron chi connectivity index (χ0n) is 17.2. The average Bonchev–Trinajstić information content (AvgIpc) is 3.20. The van der Waals surface area contributed by atoms with E-state index in [-0.39, 0.29) is 18.1 Å². The van der Waals surface area contributed by atoms with Crippen LogP contribution in [0.2, 0.25) is 0 Å². The number of rotatable bonds is 9. The number of likely N-dealkylation sites (tertiary alicyclic amines) is 1. The minimum Gasteiger partial charge on any atom is -0.376 e. The van der Waals surface area contributed by atoms with Crippen LogP contribution in [0.25, 0.3) is 10.9 Å². The molecule has 1 aromatic heterocycles. The predicted octanol–water partition coefficient (Wildman–Crippen LogP) is 2.99. The molecule has 1 saturated heterocycles. The number of anilines is 1. The molecular formula is C22H32N4O2. The van der Waals surface area contributed by atoms with Gasteiger partial charge < -0.3 is 15.0 Å². The van der Waals surface area contributed by atoms with Crippen LogP contribution < -0.4 is 5.32 Å². The molecule has 0 unspecified atom stereocenters. The molecular weight excluding hydrogens is 352 g/mol. The van der Waals surface area contributed by atoms with Crippen molar-refractivity contribution >= 4 is 22.5 Å². The summed E-state index contributed by atoms with van der Waals surface area (Å²) in [4.78, 5) is 21.7. The van der Waals surface area contributed by atoms with Crippen molar-refractivity contribution in [3.63, 3.8) is 0 Å². The summed E-state index contributed by atoms with van der Waals surface area (Å²) in [7, 11) is 0. The van der Waals surface area contributed by atoms with Gasteiger partial charge in [-0.3, -0.25) is 14.7 Å². The number of carbonyl (C=O) groups is 1. The summed E-state index contributed by atoms with van der Waals surface area (Å²) in [6.45, 7) is 11.8. The lowest BCUT2D eigenvalue weighted by molar-refractivity contribution is -0.120. The van der Waals surface area contributed by atoms with E-state index in [4.69, 9.17) is 4.74 Å². The third-order valence-electron chi connectivity index (χ3n) is 5.66. The molecule has 3 rings (SSSR count). The van der Waals surface area contributed by atoms with Gasteiger partial charge in [0.1, 0.15) is 0 Å². The number of nitrogens with one attached hydrogen (secondary N) is 1. The lowest BCUT2D eigenvalue weighted by Crippen LogP contribution is -2.41. The topological polar surface area (TPSA) is 57.7 Å². The van der Waals surface area contributed by atoms with Gasteiger partial charge in [-0.2, -0.15) is 0 Å². The fourth-order valence-electron chi connectivity index (χ4n) is 3.75. The average molecular weight is 385 g/mol. The van der Waals surface area contributed by atoms with Crippen molar-refractivity contribution in [1.82, 2.24) is 14.8 Å². The Bertz CT molecular complexity index is 773. The van der Waals surface area contributed by atoms with Crippen molar-refractivity contribution in [2.24, 2.45) is 0 Å². The van der Waals surface area contributed by atoms with E-state index >= 15 is 0 Å². The first kappa shape index (κ1) is 20.7. The van der Waals surface area contributed by atoms with E-state index in [2.05, 4.69) is 33.9 Å². The molecule has 0 bridgehead atoms. The second-order valence-corrected chi connectivity index (χ2v) is 7.34. The summed E-state index contributed by atoms with van der Waals surface area (Å²) < 4.78 is 6.05. The van der Waals surface area contributed by atoms with Crippen LogP contribution in [0.3, 0.4) is 0 Å². The third kappa shape index (κ3) is 5.07. The van der Waals surface area contributed by atoms with Crippen molar-refractivity contribution in [3.05, 3.63) is 36.5 Å². The standard InChI is InChI=1S/C22H32N4O2/c1-4-25(5-2)14-15-28-18-11-13-26(16-18)17(3)22(27)24-21-10-6-9-20-19(21)8-7-12-23-20/h6-10,12,17-18H,4-5,11,13-16H2,1-3H3,(H,24,27)/t17-,18-/m0/s1. The zero-order valence-corrected chi connectivity index (χ0v) is 17.2. The number of pyridine rings is 1. The van der Waals surface area contributed by atoms with Gasteiger partial charge in [-0.15, -0.1) is 0 Å². The fourth-order valence-corrected chi connectivity index (χ4v) is 3.75. The Kier molecular flexibility index (Phi) is 7.36. The monoisotopic (exact) mass is 384 g/mol. The van der Waals surface area contributed by atoms with E-state index in [1.54, 1.807) is 6.20 Å². The van der Waals surface area contributed by atoms with Gasteiger partial charge in [0.05, 0.1) is 30.0 Å². The summed E-state index contributed by atoms with van der Waals surface area (Å²) >= 11 is 0. The van der Waals surface area contributed by atoms with Crippen LogP contribution in [0.4, 0.5) is 5.69 Å². The summed E-state index contributed by atoms with van der Waals surface area (Å²) in [5, 5.41) is 4.04. The summed E-state index contributed by atoms with van der Waals surface area (Å²) in [6, 6.07) is 9.49. The minimum absolute atomic E-state index is 0.0140. The Hall–Kier alpha value is -2.02. The third-order valence-corrected chi connectivity index (χ3v) is 5.66. The minimum atomic E-state index is -0.191. The maximum absolute atomic E-state index is 12.8. The molecule has 6 nitrogen and oxygen atoms in total. The summed E-state index contributed by atoms with van der Waals surface area (Å²) in [6.07, 6.45) is 2.96. The zero-order chi connectivity index (χ0) is 19.9. The number of hydrogen-bond donors (Lipinski definition) is 1. The van der Waals surface area contributed by atoms with Crippen LogP contribution in [0.1, 0.15) is 27.2 Å². The van der Waals surface area contributed by atoms with Crippen molar-refractivity contribution in [3.8, 4) is 0 Å². The number of likely N-dealkylation sites (N-methyl/N-ethyl adjacent to an activating group) is 1. The number of fused-ring (bicyclic) bond motifs is 1. The second-order valence-electron chi connectivity index (χ2n) is 7.34. The van der Waals surface area contributed by atoms with E-state index in [1.807, 2.05) is 37.3 Å². The van der Waals surface area contributed by atoms with Crippen LogP contribution in [-0.4, -0.2) is 72.2 Å². The first-order valence-electron chi connectivity index (χ1n) is 10.3. The number of carbonyl (C=O) groups excluding carboxylic acids is 1. The largest absolute Gasteiger partial charge is 0.376 e. The quantitative estimate of drug-likeness (QED) is 0.720. The Morgan fingerprint density at radius 2 is 2.14 bits per heavy atom. The number of ether oxygens (including phenoxy) is 1. The van der Waals surface area contributed by atoms with Crippen molar-refractivity contribution in [2.75, 3.05) is 44.6 Å². The van der Waals surface area contributed by atoms with E-state index < -0.39 is 0 Å². The number of nitrogens with zero attached hydrogens (tertiary/aromatic N) is 3. The number of aromatic nitrogens is 1. The van der Waals surface area contributed by atoms with E-state index in [0.717, 1.165) is 62.3 Å². The van der Waals surface area contributed by atoms with Crippen LogP contribution in [0.15, 0.2) is 36.5 Å². The SMILES string of the molecule is CCN(CC)CCO[C@H]1CCN([C@@H](C)C(=O)Nc2cccc3ncccc23)C1. The van der Waals surface area contributed by atoms with Crippen LogP contribution in [0, 0.1) is 0 Å². The second kappa shape index (κ2) is 9.96. The smallest absolute Gasteiger partial charge is 0.241 e. The van der Waals surface area contributed by atoms with Crippen LogP contribution >= 0.6 is 0 Å². The molecule has 0 saturated carbocycles. The summed E-state index contributed by atoms with van der Waals surface area (Å²) in [5.41, 5.74) is 1.70. The maximum atomic E-state index is 12.8. The molecule has 6 heteroatoms. The summed E-state index contributed by atoms with van der Waals surface area (Å²) in [5.74, 6) is 0.0140. The molecule has 1 fully saturated rings. The Labute approximate surface area is 167 Å². The van der Waals surface area contributed by atoms with Crippen molar-refractivity contribution < 1.29 is 9.53 Å². The van der Waals surface area contributed by atoms with Gasteiger partial charge in [0.2, 0.25) is 5.91 Å². The number of amides is 1. The molecule has 2 heterocycles. The van der Waals surface area contributed by atoms with Crippen molar-refractivity contribution in [1.29, 1.82) is 0 Å². The number of hydrogen-bond acceptors (Lipinski definition) is 5. The molecule has 0 radical (unpaired) electrons. The van der Waals surface area contributed by atoms with Gasteiger partial charge >= 0.3 is 0 Å². The molecule has 1 amide bonds. The van der Waals surface area contributed by atoms with Crippen molar-refractivity contribution in [2.45, 2.75) is 39.3 Å². The molecule has 2 aromatic rings. The maximum Gasteiger partial charge on any atom is 0.241 e. The van der Waals surface area contributed by atoms with Gasteiger partial charge in [0.15, 0.2) is 0 Å². The van der Waals surface area contributed by atoms with Gasteiger partial charge in [-0.1, -0.05) is 19.9 Å². The molecule has 152 valence electrons. The predicted molar refractivity (Wildman–Crippen MR) is 114 cm³/mol. The Balaban J connectivity index is 1.51. The number of benzene rings is 1. The lowest BCUT2D eigenvalue weighted by Gasteiger charge is -2.24. The van der Waals surface area contributed by atoms with E-state index in [0.29, 0.717) is 0 Å². The first-order valence-corrected chi connectivity index (χ1v) is 10.3. The molecule has 2 atom stereocenters. The highest BCUT2D eigenvalue weighted by Crippen LogP contribution is 2.22. The molecule has 1 N–H and O–H groups in total. The molecule has 1 aliphatic rings. The van der Waals surface area contributed by atoms with E-state index in [9.17, 15) is 4.79 Å². The fraction of sp³-hybridized carbons (Fsp3) is 0.545. The highest BCUT2D eigenvalue weighted by atomic mass is 16.5. The van der Waals surface area contributed by atoms with Crippen LogP contribution in [-0.2, 0) is 9.53 Å². The molecule has 28 heavy (non-hydrogen) atoms. The molecule has 1 aromatic carbocycles. The molecule has 0 aliphatic carbocycles. The molecule has 1 aliphatic heterocycles. The van der Waals surface area contributed by atoms with Gasteiger partial charge in [0.25, 0.3) is 0 Å². The van der Waals surface area contributed by atoms with Gasteiger partial charge in [-0.05, 0) is 50.7 Å². The van der Waals surface area contributed by atoms with Gasteiger partial charge in [-0.25, -0.2) is 0 Å². The van der Waals surface area contributed by atoms with Gasteiger partial charge in [0, 0.05) is 31.2 Å². The first-order chi connectivity index (χ1) is 13.6. The van der Waals surface area contributed by atoms with Crippen LogP contribution in [0.5, 0.6) is 0 Å². The Morgan fingerprint density at radius 1 is 1.32 bits per heavy atom. The normalized spacial score (nSPS) is 18.6. The Morgan fingerprint density at radius 3 is 2.93 bits per heavy atom. The highest BCUT2D eigenvalue weighted by Gasteiger charge is 2.30. The van der Waals surface area contributed by atoms with E-state index in [1.165, 1.54) is 0 Å².